The number of thiocarbonyl (C=S) groups is 1. The fourth-order valence-electron chi connectivity index (χ4n) is 2.24. The highest BCUT2D eigenvalue weighted by molar-refractivity contribution is 7.99. The van der Waals surface area contributed by atoms with Gasteiger partial charge < -0.3 is 4.90 Å². The van der Waals surface area contributed by atoms with Gasteiger partial charge in [-0.15, -0.1) is 11.8 Å². The van der Waals surface area contributed by atoms with Crippen LogP contribution >= 0.6 is 24.0 Å². The third-order valence-corrected chi connectivity index (χ3v) is 4.50. The van der Waals surface area contributed by atoms with Crippen molar-refractivity contribution in [2.45, 2.75) is 12.5 Å². The van der Waals surface area contributed by atoms with E-state index in [1.54, 1.807) is 4.90 Å². The summed E-state index contributed by atoms with van der Waals surface area (Å²) in [5.74, 6) is 2.00. The Bertz CT molecular complexity index is 439. The summed E-state index contributed by atoms with van der Waals surface area (Å²) in [7, 11) is 0. The molecular weight excluding hydrogens is 252 g/mol. The predicted molar refractivity (Wildman–Crippen MR) is 74.1 cm³/mol. The molecule has 1 amide bonds. The average molecular weight is 264 g/mol. The third-order valence-electron chi connectivity index (χ3n) is 3.10. The number of nitrogens with zero attached hydrogens (tertiary/aromatic N) is 2. The molecule has 2 fully saturated rings. The second kappa shape index (κ2) is 4.31. The molecule has 0 radical (unpaired) electrons. The van der Waals surface area contributed by atoms with Gasteiger partial charge in [0.05, 0.1) is 11.6 Å². The molecule has 0 saturated carbocycles. The number of fused-ring (bicyclic) bond motifs is 1. The molecule has 2 aliphatic heterocycles. The lowest BCUT2D eigenvalue weighted by Gasteiger charge is -2.27. The molecule has 0 N–H and O–H groups in total. The molecule has 1 atom stereocenters. The quantitative estimate of drug-likeness (QED) is 0.725. The molecule has 2 saturated heterocycles. The summed E-state index contributed by atoms with van der Waals surface area (Å²) in [6, 6.07) is 9.61. The van der Waals surface area contributed by atoms with Gasteiger partial charge in [-0.05, 0) is 36.5 Å². The smallest absolute Gasteiger partial charge is 0.256 e. The fraction of sp³-hybridized carbons (Fsp3) is 0.333. The maximum absolute atomic E-state index is 12.3. The van der Waals surface area contributed by atoms with E-state index in [-0.39, 0.29) is 11.9 Å². The van der Waals surface area contributed by atoms with E-state index < -0.39 is 0 Å². The summed E-state index contributed by atoms with van der Waals surface area (Å²) in [5, 5.41) is 0.651. The number of para-hydroxylation sites is 1. The average Bonchev–Trinajstić information content (AvgIpc) is 2.64. The highest BCUT2D eigenvalue weighted by atomic mass is 32.2. The van der Waals surface area contributed by atoms with Gasteiger partial charge in [0.2, 0.25) is 0 Å². The highest BCUT2D eigenvalue weighted by Crippen LogP contribution is 2.31. The summed E-state index contributed by atoms with van der Waals surface area (Å²) < 4.78 is 0. The number of rotatable bonds is 1. The number of hydrogen-bond donors (Lipinski definition) is 0. The number of carbonyl (C=O) groups is 1. The van der Waals surface area contributed by atoms with Crippen LogP contribution in [0.1, 0.15) is 6.42 Å². The first-order chi connectivity index (χ1) is 8.29. The van der Waals surface area contributed by atoms with Crippen molar-refractivity contribution in [3.05, 3.63) is 30.3 Å². The van der Waals surface area contributed by atoms with Crippen LogP contribution in [-0.4, -0.2) is 33.6 Å². The molecule has 0 bridgehead atoms. The first-order valence-corrected chi connectivity index (χ1v) is 7.13. The molecule has 3 rings (SSSR count). The van der Waals surface area contributed by atoms with E-state index in [1.165, 1.54) is 0 Å². The van der Waals surface area contributed by atoms with Gasteiger partial charge in [0.1, 0.15) is 6.04 Å². The van der Waals surface area contributed by atoms with Crippen LogP contribution in [0.5, 0.6) is 0 Å². The van der Waals surface area contributed by atoms with Crippen molar-refractivity contribution in [2.75, 3.05) is 16.5 Å². The Balaban J connectivity index is 1.96. The molecular formula is C12H12N2OS2. The van der Waals surface area contributed by atoms with Crippen LogP contribution in [0.2, 0.25) is 0 Å². The largest absolute Gasteiger partial charge is 0.327 e. The van der Waals surface area contributed by atoms with Gasteiger partial charge in [-0.25, -0.2) is 0 Å². The highest BCUT2D eigenvalue weighted by Gasteiger charge is 2.44. The molecule has 0 spiro atoms. The molecule has 17 heavy (non-hydrogen) atoms. The molecule has 0 aliphatic carbocycles. The van der Waals surface area contributed by atoms with Gasteiger partial charge in [-0.2, -0.15) is 0 Å². The fourth-order valence-corrected chi connectivity index (χ4v) is 3.72. The maximum atomic E-state index is 12.3. The van der Waals surface area contributed by atoms with Crippen LogP contribution in [0.25, 0.3) is 0 Å². The van der Waals surface area contributed by atoms with Gasteiger partial charge >= 0.3 is 0 Å². The summed E-state index contributed by atoms with van der Waals surface area (Å²) >= 11 is 7.25. The van der Waals surface area contributed by atoms with Gasteiger partial charge in [0.15, 0.2) is 5.11 Å². The standard InChI is InChI=1S/C12H12N2OS2/c15-11-10-6-7-17-8-13(10)12(16)14(11)9-4-2-1-3-5-9/h1-5,10H,6-8H2. The minimum absolute atomic E-state index is 0.0380. The Kier molecular flexibility index (Phi) is 2.80. The Hall–Kier alpha value is -1.07. The van der Waals surface area contributed by atoms with Crippen LogP contribution in [0, 0.1) is 0 Å². The summed E-state index contributed by atoms with van der Waals surface area (Å²) in [5.41, 5.74) is 0.877. The van der Waals surface area contributed by atoms with E-state index in [1.807, 2.05) is 47.0 Å². The van der Waals surface area contributed by atoms with Gasteiger partial charge in [-0.1, -0.05) is 18.2 Å². The van der Waals surface area contributed by atoms with E-state index in [0.717, 1.165) is 23.7 Å². The molecule has 5 heteroatoms. The van der Waals surface area contributed by atoms with Crippen LogP contribution in [-0.2, 0) is 4.79 Å². The van der Waals surface area contributed by atoms with Crippen LogP contribution < -0.4 is 4.90 Å². The number of carbonyl (C=O) groups excluding carboxylic acids is 1. The van der Waals surface area contributed by atoms with Gasteiger partial charge in [-0.3, -0.25) is 9.69 Å². The first kappa shape index (κ1) is 11.0. The normalized spacial score (nSPS) is 24.1. The zero-order valence-electron chi connectivity index (χ0n) is 9.20. The lowest BCUT2D eigenvalue weighted by atomic mass is 10.2. The zero-order valence-corrected chi connectivity index (χ0v) is 10.8. The van der Waals surface area contributed by atoms with Gasteiger partial charge in [0.25, 0.3) is 5.91 Å². The molecule has 1 unspecified atom stereocenters. The third kappa shape index (κ3) is 1.73. The monoisotopic (exact) mass is 264 g/mol. The Labute approximate surface area is 110 Å². The van der Waals surface area contributed by atoms with Crippen molar-refractivity contribution in [1.82, 2.24) is 4.90 Å². The van der Waals surface area contributed by atoms with Crippen LogP contribution in [0.4, 0.5) is 5.69 Å². The van der Waals surface area contributed by atoms with E-state index in [4.69, 9.17) is 12.2 Å². The lowest BCUT2D eigenvalue weighted by molar-refractivity contribution is -0.119. The number of benzene rings is 1. The van der Waals surface area contributed by atoms with E-state index in [9.17, 15) is 4.79 Å². The second-order valence-corrected chi connectivity index (χ2v) is 5.54. The van der Waals surface area contributed by atoms with Gasteiger partial charge in [0, 0.05) is 0 Å². The summed E-state index contributed by atoms with van der Waals surface area (Å²) in [6.45, 7) is 0. The molecule has 1 aromatic rings. The van der Waals surface area contributed by atoms with Crippen molar-refractivity contribution < 1.29 is 4.79 Å². The summed E-state index contributed by atoms with van der Waals surface area (Å²) in [4.78, 5) is 16.1. The maximum Gasteiger partial charge on any atom is 0.256 e. The molecule has 0 aromatic heterocycles. The topological polar surface area (TPSA) is 23.6 Å². The number of anilines is 1. The SMILES string of the molecule is O=C1C2CCSCN2C(=S)N1c1ccccc1. The van der Waals surface area contributed by atoms with Crippen molar-refractivity contribution in [2.24, 2.45) is 0 Å². The minimum atomic E-state index is -0.0380. The van der Waals surface area contributed by atoms with E-state index in [2.05, 4.69) is 0 Å². The summed E-state index contributed by atoms with van der Waals surface area (Å²) in [6.07, 6.45) is 0.896. The number of thioether (sulfide) groups is 1. The molecule has 88 valence electrons. The molecule has 3 nitrogen and oxygen atoms in total. The van der Waals surface area contributed by atoms with Crippen molar-refractivity contribution in [1.29, 1.82) is 0 Å². The lowest BCUT2D eigenvalue weighted by Crippen LogP contribution is -2.38. The van der Waals surface area contributed by atoms with Crippen LogP contribution in [0.15, 0.2) is 30.3 Å². The minimum Gasteiger partial charge on any atom is -0.327 e. The number of amides is 1. The number of hydrogen-bond acceptors (Lipinski definition) is 3. The Morgan fingerprint density at radius 1 is 1.29 bits per heavy atom. The van der Waals surface area contributed by atoms with Crippen molar-refractivity contribution >= 4 is 40.7 Å². The predicted octanol–water partition coefficient (Wildman–Crippen LogP) is 2.08. The zero-order chi connectivity index (χ0) is 11.8. The molecule has 2 heterocycles. The first-order valence-electron chi connectivity index (χ1n) is 5.56. The van der Waals surface area contributed by atoms with E-state index in [0.29, 0.717) is 5.11 Å². The van der Waals surface area contributed by atoms with Crippen molar-refractivity contribution in [3.63, 3.8) is 0 Å². The molecule has 1 aromatic carbocycles. The second-order valence-electron chi connectivity index (χ2n) is 4.10. The Morgan fingerprint density at radius 2 is 2.06 bits per heavy atom. The van der Waals surface area contributed by atoms with E-state index >= 15 is 0 Å². The molecule has 2 aliphatic rings. The Morgan fingerprint density at radius 3 is 2.76 bits per heavy atom. The van der Waals surface area contributed by atoms with Crippen LogP contribution in [0.3, 0.4) is 0 Å². The van der Waals surface area contributed by atoms with Crippen molar-refractivity contribution in [3.8, 4) is 0 Å².